The largest absolute Gasteiger partial charge is 0.327 e. The summed E-state index contributed by atoms with van der Waals surface area (Å²) >= 11 is 0. The minimum Gasteiger partial charge on any atom is -0.327 e. The molecule has 2 aromatic rings. The molecule has 2 N–H and O–H groups in total. The number of benzene rings is 2. The van der Waals surface area contributed by atoms with Gasteiger partial charge in [-0.25, -0.2) is 0 Å². The Kier molecular flexibility index (Phi) is 4.17. The monoisotopic (exact) mass is 265 g/mol. The molecule has 2 aromatic carbocycles. The molecule has 1 nitrogen and oxygen atoms in total. The third kappa shape index (κ3) is 3.10. The second-order valence-electron chi connectivity index (χ2n) is 5.96. The van der Waals surface area contributed by atoms with Gasteiger partial charge in [-0.1, -0.05) is 54.6 Å². The van der Waals surface area contributed by atoms with Crippen LogP contribution in [-0.4, -0.2) is 6.04 Å². The molecule has 3 rings (SSSR count). The second kappa shape index (κ2) is 6.23. The predicted molar refractivity (Wildman–Crippen MR) is 84.7 cm³/mol. The van der Waals surface area contributed by atoms with Gasteiger partial charge in [0.05, 0.1) is 0 Å². The summed E-state index contributed by atoms with van der Waals surface area (Å²) in [4.78, 5) is 0. The lowest BCUT2D eigenvalue weighted by atomic mass is 9.79. The van der Waals surface area contributed by atoms with Crippen LogP contribution >= 0.6 is 0 Å². The molecule has 0 saturated heterocycles. The van der Waals surface area contributed by atoms with Gasteiger partial charge in [0.1, 0.15) is 0 Å². The SMILES string of the molecule is NC(CCc1ccccc1)C1CCc2ccccc2C1. The van der Waals surface area contributed by atoms with E-state index >= 15 is 0 Å². The van der Waals surface area contributed by atoms with Gasteiger partial charge < -0.3 is 5.73 Å². The third-order valence-electron chi connectivity index (χ3n) is 4.60. The lowest BCUT2D eigenvalue weighted by Crippen LogP contribution is -2.34. The molecule has 0 heterocycles. The van der Waals surface area contributed by atoms with Gasteiger partial charge in [-0.2, -0.15) is 0 Å². The Balaban J connectivity index is 1.58. The van der Waals surface area contributed by atoms with Gasteiger partial charge in [0.15, 0.2) is 0 Å². The van der Waals surface area contributed by atoms with E-state index in [0.29, 0.717) is 12.0 Å². The first-order valence-electron chi connectivity index (χ1n) is 7.69. The van der Waals surface area contributed by atoms with E-state index in [1.165, 1.54) is 29.5 Å². The summed E-state index contributed by atoms with van der Waals surface area (Å²) in [5.41, 5.74) is 10.9. The lowest BCUT2D eigenvalue weighted by Gasteiger charge is -2.29. The minimum atomic E-state index is 0.323. The quantitative estimate of drug-likeness (QED) is 0.895. The Bertz CT molecular complexity index is 547. The molecule has 1 aliphatic carbocycles. The average Bonchev–Trinajstić information content (AvgIpc) is 2.53. The summed E-state index contributed by atoms with van der Waals surface area (Å²) in [6.45, 7) is 0. The first kappa shape index (κ1) is 13.4. The van der Waals surface area contributed by atoms with Gasteiger partial charge in [0.25, 0.3) is 0 Å². The van der Waals surface area contributed by atoms with Crippen molar-refractivity contribution in [1.29, 1.82) is 0 Å². The summed E-state index contributed by atoms with van der Waals surface area (Å²) in [7, 11) is 0. The van der Waals surface area contributed by atoms with Gasteiger partial charge in [0, 0.05) is 6.04 Å². The van der Waals surface area contributed by atoms with Crippen LogP contribution in [0.25, 0.3) is 0 Å². The Labute approximate surface area is 121 Å². The van der Waals surface area contributed by atoms with Gasteiger partial charge in [-0.3, -0.25) is 0 Å². The van der Waals surface area contributed by atoms with Crippen LogP contribution < -0.4 is 5.73 Å². The zero-order chi connectivity index (χ0) is 13.8. The van der Waals surface area contributed by atoms with Crippen LogP contribution in [0.2, 0.25) is 0 Å². The molecule has 0 aromatic heterocycles. The standard InChI is InChI=1S/C19H23N/c20-19(13-10-15-6-2-1-3-7-15)18-12-11-16-8-4-5-9-17(16)14-18/h1-9,18-19H,10-14,20H2. The number of rotatable bonds is 4. The van der Waals surface area contributed by atoms with Crippen LogP contribution in [0.3, 0.4) is 0 Å². The number of fused-ring (bicyclic) bond motifs is 1. The maximum Gasteiger partial charge on any atom is 0.00736 e. The van der Waals surface area contributed by atoms with Gasteiger partial charge in [0.2, 0.25) is 0 Å². The fourth-order valence-corrected chi connectivity index (χ4v) is 3.31. The molecule has 2 unspecified atom stereocenters. The zero-order valence-electron chi connectivity index (χ0n) is 12.0. The number of aryl methyl sites for hydroxylation is 2. The topological polar surface area (TPSA) is 26.0 Å². The van der Waals surface area contributed by atoms with Crippen LogP contribution in [0, 0.1) is 5.92 Å². The van der Waals surface area contributed by atoms with Crippen molar-refractivity contribution in [3.63, 3.8) is 0 Å². The average molecular weight is 265 g/mol. The third-order valence-corrected chi connectivity index (χ3v) is 4.60. The molecule has 0 saturated carbocycles. The van der Waals surface area contributed by atoms with Crippen molar-refractivity contribution in [2.75, 3.05) is 0 Å². The van der Waals surface area contributed by atoms with E-state index in [1.54, 1.807) is 0 Å². The van der Waals surface area contributed by atoms with E-state index in [4.69, 9.17) is 5.73 Å². The maximum atomic E-state index is 6.45. The van der Waals surface area contributed by atoms with Gasteiger partial charge in [-0.15, -0.1) is 0 Å². The molecule has 104 valence electrons. The van der Waals surface area contributed by atoms with Crippen LogP contribution in [-0.2, 0) is 19.3 Å². The van der Waals surface area contributed by atoms with Gasteiger partial charge in [-0.05, 0) is 54.7 Å². The first-order chi connectivity index (χ1) is 9.83. The molecular formula is C19H23N. The van der Waals surface area contributed by atoms with Crippen molar-refractivity contribution in [1.82, 2.24) is 0 Å². The Morgan fingerprint density at radius 1 is 0.950 bits per heavy atom. The molecular weight excluding hydrogens is 242 g/mol. The molecule has 1 aliphatic rings. The van der Waals surface area contributed by atoms with Crippen LogP contribution in [0.5, 0.6) is 0 Å². The first-order valence-corrected chi connectivity index (χ1v) is 7.69. The van der Waals surface area contributed by atoms with E-state index in [1.807, 2.05) is 0 Å². The second-order valence-corrected chi connectivity index (χ2v) is 5.96. The van der Waals surface area contributed by atoms with E-state index in [9.17, 15) is 0 Å². The molecule has 20 heavy (non-hydrogen) atoms. The summed E-state index contributed by atoms with van der Waals surface area (Å²) in [6.07, 6.45) is 5.79. The van der Waals surface area contributed by atoms with E-state index in [-0.39, 0.29) is 0 Å². The van der Waals surface area contributed by atoms with Crippen molar-refractivity contribution in [2.45, 2.75) is 38.1 Å². The van der Waals surface area contributed by atoms with E-state index in [2.05, 4.69) is 54.6 Å². The molecule has 0 radical (unpaired) electrons. The van der Waals surface area contributed by atoms with Crippen molar-refractivity contribution < 1.29 is 0 Å². The van der Waals surface area contributed by atoms with Crippen molar-refractivity contribution >= 4 is 0 Å². The molecule has 0 fully saturated rings. The molecule has 1 heteroatoms. The molecule has 0 aliphatic heterocycles. The molecule has 2 atom stereocenters. The molecule has 0 bridgehead atoms. The van der Waals surface area contributed by atoms with Crippen molar-refractivity contribution in [3.8, 4) is 0 Å². The Hall–Kier alpha value is -1.60. The Morgan fingerprint density at radius 3 is 2.45 bits per heavy atom. The minimum absolute atomic E-state index is 0.323. The predicted octanol–water partition coefficient (Wildman–Crippen LogP) is 3.75. The maximum absolute atomic E-state index is 6.45. The van der Waals surface area contributed by atoms with Crippen LogP contribution in [0.15, 0.2) is 54.6 Å². The van der Waals surface area contributed by atoms with E-state index in [0.717, 1.165) is 19.3 Å². The highest BCUT2D eigenvalue weighted by atomic mass is 14.6. The number of hydrogen-bond acceptors (Lipinski definition) is 1. The van der Waals surface area contributed by atoms with Gasteiger partial charge >= 0.3 is 0 Å². The summed E-state index contributed by atoms with van der Waals surface area (Å²) in [5.74, 6) is 0.647. The lowest BCUT2D eigenvalue weighted by molar-refractivity contribution is 0.359. The van der Waals surface area contributed by atoms with Crippen molar-refractivity contribution in [3.05, 3.63) is 71.3 Å². The highest BCUT2D eigenvalue weighted by molar-refractivity contribution is 5.30. The molecule has 0 amide bonds. The summed E-state index contributed by atoms with van der Waals surface area (Å²) < 4.78 is 0. The summed E-state index contributed by atoms with van der Waals surface area (Å²) in [5, 5.41) is 0. The number of hydrogen-bond donors (Lipinski definition) is 1. The van der Waals surface area contributed by atoms with E-state index < -0.39 is 0 Å². The fraction of sp³-hybridized carbons (Fsp3) is 0.368. The van der Waals surface area contributed by atoms with Crippen molar-refractivity contribution in [2.24, 2.45) is 11.7 Å². The normalized spacial score (nSPS) is 19.4. The smallest absolute Gasteiger partial charge is 0.00736 e. The van der Waals surface area contributed by atoms with Crippen LogP contribution in [0.4, 0.5) is 0 Å². The highest BCUT2D eigenvalue weighted by Gasteiger charge is 2.23. The molecule has 0 spiro atoms. The summed E-state index contributed by atoms with van der Waals surface area (Å²) in [6, 6.07) is 19.8. The highest BCUT2D eigenvalue weighted by Crippen LogP contribution is 2.28. The fourth-order valence-electron chi connectivity index (χ4n) is 3.31. The zero-order valence-corrected chi connectivity index (χ0v) is 12.0. The number of nitrogens with two attached hydrogens (primary N) is 1. The Morgan fingerprint density at radius 2 is 1.65 bits per heavy atom. The van der Waals surface area contributed by atoms with Crippen LogP contribution in [0.1, 0.15) is 29.5 Å².